The average molecular weight is 220 g/mol. The molecule has 0 atom stereocenters. The van der Waals surface area contributed by atoms with Gasteiger partial charge in [0.2, 0.25) is 0 Å². The molecule has 0 unspecified atom stereocenters. The van der Waals surface area contributed by atoms with Gasteiger partial charge in [-0.1, -0.05) is 18.2 Å². The van der Waals surface area contributed by atoms with E-state index in [9.17, 15) is 17.6 Å². The highest BCUT2D eigenvalue weighted by Crippen LogP contribution is 2.33. The van der Waals surface area contributed by atoms with Crippen LogP contribution in [0.1, 0.15) is 11.1 Å². The van der Waals surface area contributed by atoms with Crippen LogP contribution in [0.5, 0.6) is 0 Å². The maximum absolute atomic E-state index is 13.1. The second kappa shape index (κ2) is 4.44. The standard InChI is InChI=1S/C10H8F4O/c11-9-5-1-4-8(10(12,13)14)7(9)3-2-6-15/h1-5,15H,6H2. The third-order valence-electron chi connectivity index (χ3n) is 1.75. The van der Waals surface area contributed by atoms with E-state index < -0.39 is 29.7 Å². The van der Waals surface area contributed by atoms with Crippen LogP contribution in [-0.2, 0) is 6.18 Å². The van der Waals surface area contributed by atoms with Crippen LogP contribution in [0, 0.1) is 5.82 Å². The van der Waals surface area contributed by atoms with Gasteiger partial charge in [0.15, 0.2) is 0 Å². The maximum atomic E-state index is 13.1. The second-order valence-electron chi connectivity index (χ2n) is 2.78. The predicted octanol–water partition coefficient (Wildman–Crippen LogP) is 2.85. The van der Waals surface area contributed by atoms with Crippen molar-refractivity contribution in [2.45, 2.75) is 6.18 Å². The van der Waals surface area contributed by atoms with Gasteiger partial charge in [-0.25, -0.2) is 4.39 Å². The van der Waals surface area contributed by atoms with Gasteiger partial charge in [-0.15, -0.1) is 0 Å². The molecule has 0 saturated carbocycles. The van der Waals surface area contributed by atoms with Crippen LogP contribution < -0.4 is 0 Å². The number of aliphatic hydroxyl groups excluding tert-OH is 1. The van der Waals surface area contributed by atoms with Crippen molar-refractivity contribution < 1.29 is 22.7 Å². The lowest BCUT2D eigenvalue weighted by molar-refractivity contribution is -0.137. The van der Waals surface area contributed by atoms with Crippen molar-refractivity contribution in [2.75, 3.05) is 6.61 Å². The Bertz CT molecular complexity index is 368. The fraction of sp³-hybridized carbons (Fsp3) is 0.200. The zero-order chi connectivity index (χ0) is 11.5. The molecule has 0 aliphatic carbocycles. The Labute approximate surface area is 83.7 Å². The zero-order valence-electron chi connectivity index (χ0n) is 7.55. The molecule has 15 heavy (non-hydrogen) atoms. The van der Waals surface area contributed by atoms with Crippen LogP contribution in [0.3, 0.4) is 0 Å². The molecule has 1 N–H and O–H groups in total. The Morgan fingerprint density at radius 2 is 1.93 bits per heavy atom. The van der Waals surface area contributed by atoms with Crippen molar-refractivity contribution in [1.29, 1.82) is 0 Å². The van der Waals surface area contributed by atoms with Crippen molar-refractivity contribution in [1.82, 2.24) is 0 Å². The SMILES string of the molecule is OCC=Cc1c(F)cccc1C(F)(F)F. The lowest BCUT2D eigenvalue weighted by atomic mass is 10.1. The highest BCUT2D eigenvalue weighted by atomic mass is 19.4. The average Bonchev–Trinajstić information content (AvgIpc) is 2.14. The van der Waals surface area contributed by atoms with Crippen LogP contribution in [0.4, 0.5) is 17.6 Å². The molecule has 0 bridgehead atoms. The largest absolute Gasteiger partial charge is 0.417 e. The minimum absolute atomic E-state index is 0.439. The molecule has 1 rings (SSSR count). The van der Waals surface area contributed by atoms with Crippen LogP contribution in [0.15, 0.2) is 24.3 Å². The number of hydrogen-bond acceptors (Lipinski definition) is 1. The molecule has 0 heterocycles. The molecule has 0 fully saturated rings. The lowest BCUT2D eigenvalue weighted by Gasteiger charge is -2.10. The summed E-state index contributed by atoms with van der Waals surface area (Å²) in [6.45, 7) is -0.439. The summed E-state index contributed by atoms with van der Waals surface area (Å²) >= 11 is 0. The molecule has 82 valence electrons. The minimum Gasteiger partial charge on any atom is -0.392 e. The topological polar surface area (TPSA) is 20.2 Å². The molecule has 0 amide bonds. The first-order valence-electron chi connectivity index (χ1n) is 4.10. The van der Waals surface area contributed by atoms with E-state index >= 15 is 0 Å². The van der Waals surface area contributed by atoms with Gasteiger partial charge in [-0.05, 0) is 12.1 Å². The van der Waals surface area contributed by atoms with Gasteiger partial charge in [0.05, 0.1) is 12.2 Å². The Kier molecular flexibility index (Phi) is 3.47. The van der Waals surface area contributed by atoms with Crippen LogP contribution in [-0.4, -0.2) is 11.7 Å². The fourth-order valence-corrected chi connectivity index (χ4v) is 1.12. The zero-order valence-corrected chi connectivity index (χ0v) is 7.55. The molecule has 0 aliphatic rings. The third kappa shape index (κ3) is 2.79. The van der Waals surface area contributed by atoms with Gasteiger partial charge < -0.3 is 5.11 Å². The van der Waals surface area contributed by atoms with Gasteiger partial charge in [0.1, 0.15) is 5.82 Å². The first-order chi connectivity index (χ1) is 6.96. The Balaban J connectivity index is 3.27. The summed E-state index contributed by atoms with van der Waals surface area (Å²) in [5.41, 5.74) is -1.61. The van der Waals surface area contributed by atoms with Gasteiger partial charge in [0, 0.05) is 5.56 Å². The second-order valence-corrected chi connectivity index (χ2v) is 2.78. The molecular weight excluding hydrogens is 212 g/mol. The van der Waals surface area contributed by atoms with Crippen molar-refractivity contribution in [2.24, 2.45) is 0 Å². The molecule has 1 aromatic rings. The van der Waals surface area contributed by atoms with E-state index in [4.69, 9.17) is 5.11 Å². The van der Waals surface area contributed by atoms with Crippen LogP contribution in [0.2, 0.25) is 0 Å². The van der Waals surface area contributed by atoms with Crippen molar-refractivity contribution in [3.63, 3.8) is 0 Å². The summed E-state index contributed by atoms with van der Waals surface area (Å²) in [6, 6.07) is 2.72. The van der Waals surface area contributed by atoms with E-state index in [1.165, 1.54) is 0 Å². The molecule has 0 radical (unpaired) electrons. The Morgan fingerprint density at radius 1 is 1.27 bits per heavy atom. The van der Waals surface area contributed by atoms with Gasteiger partial charge in [-0.2, -0.15) is 13.2 Å². The quantitative estimate of drug-likeness (QED) is 0.760. The monoisotopic (exact) mass is 220 g/mol. The van der Waals surface area contributed by atoms with E-state index in [0.717, 1.165) is 30.4 Å². The number of aliphatic hydroxyl groups is 1. The number of rotatable bonds is 2. The summed E-state index contributed by atoms with van der Waals surface area (Å²) in [5, 5.41) is 8.42. The lowest BCUT2D eigenvalue weighted by Crippen LogP contribution is -2.08. The van der Waals surface area contributed by atoms with E-state index in [1.54, 1.807) is 0 Å². The highest BCUT2D eigenvalue weighted by molar-refractivity contribution is 5.55. The van der Waals surface area contributed by atoms with Gasteiger partial charge in [0.25, 0.3) is 0 Å². The van der Waals surface area contributed by atoms with E-state index in [2.05, 4.69) is 0 Å². The fourth-order valence-electron chi connectivity index (χ4n) is 1.12. The van der Waals surface area contributed by atoms with Crippen LogP contribution >= 0.6 is 0 Å². The van der Waals surface area contributed by atoms with E-state index in [0.29, 0.717) is 0 Å². The van der Waals surface area contributed by atoms with Crippen molar-refractivity contribution in [3.05, 3.63) is 41.2 Å². The number of benzene rings is 1. The summed E-state index contributed by atoms with van der Waals surface area (Å²) < 4.78 is 50.2. The van der Waals surface area contributed by atoms with E-state index in [-0.39, 0.29) is 0 Å². The van der Waals surface area contributed by atoms with Crippen LogP contribution in [0.25, 0.3) is 6.08 Å². The minimum atomic E-state index is -4.60. The molecule has 1 aromatic carbocycles. The third-order valence-corrected chi connectivity index (χ3v) is 1.75. The number of hydrogen-bond donors (Lipinski definition) is 1. The molecule has 1 nitrogen and oxygen atoms in total. The molecule has 0 saturated heterocycles. The number of alkyl halides is 3. The smallest absolute Gasteiger partial charge is 0.392 e. The Hall–Kier alpha value is -1.36. The first-order valence-corrected chi connectivity index (χ1v) is 4.10. The normalized spacial score (nSPS) is 12.3. The first kappa shape index (κ1) is 11.7. The summed E-state index contributed by atoms with van der Waals surface area (Å²) in [5.74, 6) is -0.963. The summed E-state index contributed by atoms with van der Waals surface area (Å²) in [4.78, 5) is 0. The molecule has 0 aliphatic heterocycles. The maximum Gasteiger partial charge on any atom is 0.417 e. The molecule has 5 heteroatoms. The molecular formula is C10H8F4O. The molecule has 0 spiro atoms. The highest BCUT2D eigenvalue weighted by Gasteiger charge is 2.33. The van der Waals surface area contributed by atoms with Crippen molar-refractivity contribution in [3.8, 4) is 0 Å². The van der Waals surface area contributed by atoms with Crippen molar-refractivity contribution >= 4 is 6.08 Å². The Morgan fingerprint density at radius 3 is 2.47 bits per heavy atom. The van der Waals surface area contributed by atoms with Gasteiger partial charge >= 0.3 is 6.18 Å². The summed E-state index contributed by atoms with van der Waals surface area (Å²) in [6.07, 6.45) is -2.64. The van der Waals surface area contributed by atoms with E-state index in [1.807, 2.05) is 0 Å². The summed E-state index contributed by atoms with van der Waals surface area (Å²) in [7, 11) is 0. The number of halogens is 4. The van der Waals surface area contributed by atoms with Gasteiger partial charge in [-0.3, -0.25) is 0 Å². The molecule has 0 aromatic heterocycles. The predicted molar refractivity (Wildman–Crippen MR) is 47.5 cm³/mol.